The van der Waals surface area contributed by atoms with Gasteiger partial charge in [0.25, 0.3) is 0 Å². The van der Waals surface area contributed by atoms with Gasteiger partial charge in [-0.05, 0) is 12.1 Å². The molecule has 1 heterocycles. The average molecular weight is 223 g/mol. The summed E-state index contributed by atoms with van der Waals surface area (Å²) in [4.78, 5) is 13.4. The van der Waals surface area contributed by atoms with Crippen LogP contribution in [0, 0.1) is 5.82 Å². The lowest BCUT2D eigenvalue weighted by Crippen LogP contribution is -2.48. The summed E-state index contributed by atoms with van der Waals surface area (Å²) >= 11 is 0. The molecule has 0 unspecified atom stereocenters. The minimum Gasteiger partial charge on any atom is -0.322 e. The zero-order valence-corrected chi connectivity index (χ0v) is 8.87. The molecule has 86 valence electrons. The Hall–Kier alpha value is -1.62. The molecule has 0 saturated carbocycles. The van der Waals surface area contributed by atoms with Crippen LogP contribution in [-0.4, -0.2) is 37.1 Å². The number of amides is 2. The number of rotatable bonds is 1. The van der Waals surface area contributed by atoms with Crippen molar-refractivity contribution in [3.8, 4) is 0 Å². The Balaban J connectivity index is 1.99. The predicted octanol–water partition coefficient (Wildman–Crippen LogP) is 1.26. The van der Waals surface area contributed by atoms with Gasteiger partial charge in [0.1, 0.15) is 5.82 Å². The molecular formula is C11H14FN3O. The second kappa shape index (κ2) is 4.94. The highest BCUT2D eigenvalue weighted by Gasteiger charge is 2.16. The van der Waals surface area contributed by atoms with Crippen LogP contribution in [0.2, 0.25) is 0 Å². The van der Waals surface area contributed by atoms with Crippen molar-refractivity contribution < 1.29 is 9.18 Å². The minimum absolute atomic E-state index is 0.228. The molecule has 5 heteroatoms. The van der Waals surface area contributed by atoms with Crippen molar-refractivity contribution in [2.45, 2.75) is 0 Å². The first-order valence-corrected chi connectivity index (χ1v) is 5.28. The van der Waals surface area contributed by atoms with Crippen molar-refractivity contribution in [2.75, 3.05) is 31.5 Å². The summed E-state index contributed by atoms with van der Waals surface area (Å²) in [6.45, 7) is 2.87. The second-order valence-corrected chi connectivity index (χ2v) is 3.65. The number of halogens is 1. The Morgan fingerprint density at radius 3 is 2.69 bits per heavy atom. The minimum atomic E-state index is -0.411. The first-order chi connectivity index (χ1) is 7.77. The molecule has 4 nitrogen and oxygen atoms in total. The van der Waals surface area contributed by atoms with Gasteiger partial charge < -0.3 is 15.5 Å². The first kappa shape index (κ1) is 10.9. The third kappa shape index (κ3) is 2.49. The maximum atomic E-state index is 13.3. The number of hydrogen-bond donors (Lipinski definition) is 2. The van der Waals surface area contributed by atoms with E-state index in [1.807, 2.05) is 0 Å². The lowest BCUT2D eigenvalue weighted by molar-refractivity contribution is 0.203. The van der Waals surface area contributed by atoms with Crippen LogP contribution in [0.3, 0.4) is 0 Å². The van der Waals surface area contributed by atoms with E-state index in [4.69, 9.17) is 0 Å². The molecule has 2 rings (SSSR count). The Bertz CT molecular complexity index is 377. The van der Waals surface area contributed by atoms with Crippen LogP contribution in [0.15, 0.2) is 24.3 Å². The van der Waals surface area contributed by atoms with E-state index in [0.29, 0.717) is 13.1 Å². The number of anilines is 1. The molecule has 2 amide bonds. The maximum Gasteiger partial charge on any atom is 0.322 e. The summed E-state index contributed by atoms with van der Waals surface area (Å²) in [5, 5.41) is 5.71. The molecule has 1 aromatic carbocycles. The van der Waals surface area contributed by atoms with Crippen LogP contribution in [0.5, 0.6) is 0 Å². The van der Waals surface area contributed by atoms with E-state index in [-0.39, 0.29) is 11.7 Å². The summed E-state index contributed by atoms with van der Waals surface area (Å²) in [7, 11) is 0. The van der Waals surface area contributed by atoms with E-state index >= 15 is 0 Å². The van der Waals surface area contributed by atoms with Crippen LogP contribution >= 0.6 is 0 Å². The number of benzene rings is 1. The number of para-hydroxylation sites is 1. The molecule has 0 aromatic heterocycles. The van der Waals surface area contributed by atoms with Crippen LogP contribution < -0.4 is 10.6 Å². The van der Waals surface area contributed by atoms with E-state index in [2.05, 4.69) is 10.6 Å². The van der Waals surface area contributed by atoms with E-state index in [1.165, 1.54) is 6.07 Å². The molecule has 0 radical (unpaired) electrons. The fourth-order valence-electron chi connectivity index (χ4n) is 1.62. The molecule has 16 heavy (non-hydrogen) atoms. The highest BCUT2D eigenvalue weighted by molar-refractivity contribution is 5.89. The van der Waals surface area contributed by atoms with Gasteiger partial charge in [-0.3, -0.25) is 0 Å². The van der Waals surface area contributed by atoms with Crippen LogP contribution in [0.4, 0.5) is 14.9 Å². The first-order valence-electron chi connectivity index (χ1n) is 5.28. The van der Waals surface area contributed by atoms with E-state index in [1.54, 1.807) is 23.1 Å². The number of piperazine rings is 1. The van der Waals surface area contributed by atoms with E-state index < -0.39 is 5.82 Å². The number of nitrogens with one attached hydrogen (secondary N) is 2. The highest BCUT2D eigenvalue weighted by atomic mass is 19.1. The van der Waals surface area contributed by atoms with Gasteiger partial charge in [-0.15, -0.1) is 0 Å². The van der Waals surface area contributed by atoms with Gasteiger partial charge in [0.2, 0.25) is 0 Å². The standard InChI is InChI=1S/C11H14FN3O/c12-9-3-1-2-4-10(9)14-11(16)15-7-5-13-6-8-15/h1-4,13H,5-8H2,(H,14,16). The van der Waals surface area contributed by atoms with Crippen LogP contribution in [0.25, 0.3) is 0 Å². The zero-order chi connectivity index (χ0) is 11.4. The van der Waals surface area contributed by atoms with Crippen LogP contribution in [-0.2, 0) is 0 Å². The van der Waals surface area contributed by atoms with Gasteiger partial charge >= 0.3 is 6.03 Å². The lowest BCUT2D eigenvalue weighted by Gasteiger charge is -2.27. The van der Waals surface area contributed by atoms with Crippen molar-refractivity contribution in [1.82, 2.24) is 10.2 Å². The largest absolute Gasteiger partial charge is 0.322 e. The molecule has 1 saturated heterocycles. The monoisotopic (exact) mass is 223 g/mol. The summed E-state index contributed by atoms with van der Waals surface area (Å²) in [6, 6.07) is 5.92. The fourth-order valence-corrected chi connectivity index (χ4v) is 1.62. The highest BCUT2D eigenvalue weighted by Crippen LogP contribution is 2.13. The summed E-state index contributed by atoms with van der Waals surface area (Å²) < 4.78 is 13.3. The molecule has 1 aliphatic heterocycles. The zero-order valence-electron chi connectivity index (χ0n) is 8.87. The van der Waals surface area contributed by atoms with Gasteiger partial charge in [0, 0.05) is 26.2 Å². The van der Waals surface area contributed by atoms with E-state index in [0.717, 1.165) is 13.1 Å². The Morgan fingerprint density at radius 1 is 1.31 bits per heavy atom. The molecule has 0 atom stereocenters. The maximum absolute atomic E-state index is 13.3. The summed E-state index contributed by atoms with van der Waals surface area (Å²) in [5.74, 6) is -0.411. The molecule has 0 aliphatic carbocycles. The molecule has 0 bridgehead atoms. The van der Waals surface area contributed by atoms with Gasteiger partial charge in [-0.2, -0.15) is 0 Å². The SMILES string of the molecule is O=C(Nc1ccccc1F)N1CCNCC1. The van der Waals surface area contributed by atoms with Gasteiger partial charge in [0.15, 0.2) is 0 Å². The van der Waals surface area contributed by atoms with Crippen molar-refractivity contribution in [2.24, 2.45) is 0 Å². The van der Waals surface area contributed by atoms with Crippen molar-refractivity contribution >= 4 is 11.7 Å². The number of hydrogen-bond acceptors (Lipinski definition) is 2. The normalized spacial score (nSPS) is 15.9. The fraction of sp³-hybridized carbons (Fsp3) is 0.364. The summed E-state index contributed by atoms with van der Waals surface area (Å²) in [6.07, 6.45) is 0. The topological polar surface area (TPSA) is 44.4 Å². The third-order valence-corrected chi connectivity index (χ3v) is 2.52. The number of urea groups is 1. The smallest absolute Gasteiger partial charge is 0.322 e. The number of carbonyl (C=O) groups is 1. The number of carbonyl (C=O) groups excluding carboxylic acids is 1. The molecule has 1 aromatic rings. The Labute approximate surface area is 93.4 Å². The Morgan fingerprint density at radius 2 is 2.00 bits per heavy atom. The quantitative estimate of drug-likeness (QED) is 0.753. The lowest BCUT2D eigenvalue weighted by atomic mass is 10.3. The molecule has 2 N–H and O–H groups in total. The van der Waals surface area contributed by atoms with Gasteiger partial charge in [-0.1, -0.05) is 12.1 Å². The van der Waals surface area contributed by atoms with Crippen molar-refractivity contribution in [1.29, 1.82) is 0 Å². The van der Waals surface area contributed by atoms with Crippen LogP contribution in [0.1, 0.15) is 0 Å². The average Bonchev–Trinajstić information content (AvgIpc) is 2.33. The summed E-state index contributed by atoms with van der Waals surface area (Å²) in [5.41, 5.74) is 0.228. The van der Waals surface area contributed by atoms with Gasteiger partial charge in [0.05, 0.1) is 5.69 Å². The molecular weight excluding hydrogens is 209 g/mol. The second-order valence-electron chi connectivity index (χ2n) is 3.65. The number of nitrogens with zero attached hydrogens (tertiary/aromatic N) is 1. The van der Waals surface area contributed by atoms with Crippen molar-refractivity contribution in [3.63, 3.8) is 0 Å². The predicted molar refractivity (Wildman–Crippen MR) is 59.9 cm³/mol. The van der Waals surface area contributed by atoms with Gasteiger partial charge in [-0.25, -0.2) is 9.18 Å². The van der Waals surface area contributed by atoms with E-state index in [9.17, 15) is 9.18 Å². The molecule has 1 fully saturated rings. The van der Waals surface area contributed by atoms with Crippen molar-refractivity contribution in [3.05, 3.63) is 30.1 Å². The molecule has 1 aliphatic rings. The Kier molecular flexibility index (Phi) is 3.36. The third-order valence-electron chi connectivity index (χ3n) is 2.52. The molecule has 0 spiro atoms.